The number of rotatable bonds is 2. The van der Waals surface area contributed by atoms with Crippen LogP contribution < -0.4 is 11.3 Å². The Kier molecular flexibility index (Phi) is 5.71. The molecule has 11 heteroatoms. The van der Waals surface area contributed by atoms with Crippen LogP contribution in [0, 0.1) is 5.82 Å². The van der Waals surface area contributed by atoms with Crippen LogP contribution >= 0.6 is 11.3 Å². The number of benzene rings is 1. The molecule has 2 aromatic heterocycles. The van der Waals surface area contributed by atoms with Crippen LogP contribution in [0.25, 0.3) is 10.2 Å². The van der Waals surface area contributed by atoms with Crippen molar-refractivity contribution in [3.8, 4) is 0 Å². The fourth-order valence-electron chi connectivity index (χ4n) is 3.02. The van der Waals surface area contributed by atoms with E-state index in [2.05, 4.69) is 9.97 Å². The summed E-state index contributed by atoms with van der Waals surface area (Å²) >= 11 is 1.44. The standard InChI is InChI=1S/C10H8N2O3S.C8H7F4N/c13-8-6-4-2-1-3-5(4)16-9(6)12-7(11-8)10(14)15;9-7-2-1-5(4-13)3-6(7)8(10,11)12/h1-3H2,(H,14,15)(H,11,12,13);1-3H,4,13H2. The summed E-state index contributed by atoms with van der Waals surface area (Å²) in [5, 5.41) is 9.37. The maximum Gasteiger partial charge on any atom is 0.419 e. The van der Waals surface area contributed by atoms with E-state index in [9.17, 15) is 27.2 Å². The second-order valence-electron chi connectivity index (χ2n) is 6.27. The molecule has 1 aromatic carbocycles. The number of carboxylic acid groups (broad SMARTS) is 1. The van der Waals surface area contributed by atoms with Crippen molar-refractivity contribution < 1.29 is 27.5 Å². The molecule has 4 rings (SSSR count). The van der Waals surface area contributed by atoms with Crippen molar-refractivity contribution in [2.45, 2.75) is 32.0 Å². The van der Waals surface area contributed by atoms with E-state index in [0.29, 0.717) is 10.2 Å². The number of alkyl halides is 3. The van der Waals surface area contributed by atoms with E-state index in [-0.39, 0.29) is 23.5 Å². The van der Waals surface area contributed by atoms with Crippen LogP contribution in [0.5, 0.6) is 0 Å². The summed E-state index contributed by atoms with van der Waals surface area (Å²) in [6, 6.07) is 2.71. The Morgan fingerprint density at radius 3 is 2.66 bits per heavy atom. The average Bonchev–Trinajstić information content (AvgIpc) is 3.22. The molecule has 1 aliphatic rings. The van der Waals surface area contributed by atoms with Gasteiger partial charge < -0.3 is 15.8 Å². The number of hydrogen-bond acceptors (Lipinski definition) is 5. The zero-order valence-electron chi connectivity index (χ0n) is 14.8. The predicted octanol–water partition coefficient (Wildman–Crippen LogP) is 3.47. The Balaban J connectivity index is 0.000000170. The first-order chi connectivity index (χ1) is 13.6. The van der Waals surface area contributed by atoms with Gasteiger partial charge in [-0.25, -0.2) is 14.2 Å². The highest BCUT2D eigenvalue weighted by Gasteiger charge is 2.34. The molecule has 1 aliphatic carbocycles. The highest BCUT2D eigenvalue weighted by Crippen LogP contribution is 2.34. The normalized spacial score (nSPS) is 13.1. The van der Waals surface area contributed by atoms with Gasteiger partial charge in [-0.05, 0) is 42.5 Å². The Hall–Kier alpha value is -2.79. The van der Waals surface area contributed by atoms with Gasteiger partial charge in [0.2, 0.25) is 5.82 Å². The molecule has 3 aromatic rings. The van der Waals surface area contributed by atoms with E-state index in [1.807, 2.05) is 0 Å². The molecule has 0 fully saturated rings. The second-order valence-corrected chi connectivity index (χ2v) is 7.36. The third kappa shape index (κ3) is 4.30. The van der Waals surface area contributed by atoms with Gasteiger partial charge in [-0.3, -0.25) is 4.79 Å². The van der Waals surface area contributed by atoms with Crippen molar-refractivity contribution in [2.75, 3.05) is 0 Å². The van der Waals surface area contributed by atoms with E-state index >= 15 is 0 Å². The quantitative estimate of drug-likeness (QED) is 0.541. The number of H-pyrrole nitrogens is 1. The molecule has 6 nitrogen and oxygen atoms in total. The fraction of sp³-hybridized carbons (Fsp3) is 0.278. The largest absolute Gasteiger partial charge is 0.475 e. The van der Waals surface area contributed by atoms with Gasteiger partial charge in [0.05, 0.1) is 10.9 Å². The molecular formula is C18H15F4N3O3S. The monoisotopic (exact) mass is 429 g/mol. The van der Waals surface area contributed by atoms with Crippen LogP contribution in [-0.2, 0) is 25.6 Å². The summed E-state index contributed by atoms with van der Waals surface area (Å²) in [5.41, 5.74) is 4.84. The lowest BCUT2D eigenvalue weighted by molar-refractivity contribution is -0.140. The van der Waals surface area contributed by atoms with Gasteiger partial charge in [0.15, 0.2) is 0 Å². The molecular weight excluding hydrogens is 414 g/mol. The summed E-state index contributed by atoms with van der Waals surface area (Å²) in [6.45, 7) is -0.0383. The molecule has 0 unspecified atom stereocenters. The van der Waals surface area contributed by atoms with Crippen LogP contribution in [-0.4, -0.2) is 21.0 Å². The molecule has 0 atom stereocenters. The molecule has 0 radical (unpaired) electrons. The smallest absolute Gasteiger partial charge is 0.419 e. The molecule has 0 amide bonds. The molecule has 154 valence electrons. The van der Waals surface area contributed by atoms with Crippen LogP contribution in [0.15, 0.2) is 23.0 Å². The van der Waals surface area contributed by atoms with Crippen LogP contribution in [0.4, 0.5) is 17.6 Å². The summed E-state index contributed by atoms with van der Waals surface area (Å²) in [7, 11) is 0. The van der Waals surface area contributed by atoms with Gasteiger partial charge in [-0.15, -0.1) is 11.3 Å². The lowest BCUT2D eigenvalue weighted by Crippen LogP contribution is -2.15. The molecule has 0 saturated carbocycles. The number of carboxylic acids is 1. The van der Waals surface area contributed by atoms with Gasteiger partial charge in [-0.2, -0.15) is 13.2 Å². The van der Waals surface area contributed by atoms with Crippen molar-refractivity contribution in [3.05, 3.63) is 61.8 Å². The van der Waals surface area contributed by atoms with Gasteiger partial charge in [0, 0.05) is 11.4 Å². The number of nitrogens with zero attached hydrogens (tertiary/aromatic N) is 1. The Bertz CT molecular complexity index is 1140. The zero-order chi connectivity index (χ0) is 21.3. The fourth-order valence-corrected chi connectivity index (χ4v) is 4.28. The van der Waals surface area contributed by atoms with Crippen LogP contribution in [0.2, 0.25) is 0 Å². The summed E-state index contributed by atoms with van der Waals surface area (Å²) in [4.78, 5) is 30.5. The molecule has 0 saturated heterocycles. The van der Waals surface area contributed by atoms with Crippen molar-refractivity contribution in [1.29, 1.82) is 0 Å². The number of halogens is 4. The number of aryl methyl sites for hydroxylation is 2. The number of nitrogens with one attached hydrogen (secondary N) is 1. The number of carbonyl (C=O) groups is 1. The Labute approximate surface area is 165 Å². The van der Waals surface area contributed by atoms with Gasteiger partial charge >= 0.3 is 12.1 Å². The highest BCUT2D eigenvalue weighted by atomic mass is 32.1. The van der Waals surface area contributed by atoms with Gasteiger partial charge in [0.25, 0.3) is 5.56 Å². The van der Waals surface area contributed by atoms with Crippen molar-refractivity contribution in [2.24, 2.45) is 5.73 Å². The third-order valence-corrected chi connectivity index (χ3v) is 5.54. The molecule has 2 heterocycles. The number of aromatic nitrogens is 2. The maximum absolute atomic E-state index is 12.6. The van der Waals surface area contributed by atoms with E-state index in [4.69, 9.17) is 10.8 Å². The zero-order valence-corrected chi connectivity index (χ0v) is 15.6. The molecule has 29 heavy (non-hydrogen) atoms. The first-order valence-corrected chi connectivity index (χ1v) is 9.27. The van der Waals surface area contributed by atoms with Gasteiger partial charge in [-0.1, -0.05) is 6.07 Å². The Morgan fingerprint density at radius 2 is 2.03 bits per heavy atom. The summed E-state index contributed by atoms with van der Waals surface area (Å²) in [6.07, 6.45) is -1.72. The van der Waals surface area contributed by atoms with E-state index in [1.54, 1.807) is 0 Å². The molecule has 4 N–H and O–H groups in total. The Morgan fingerprint density at radius 1 is 1.31 bits per heavy atom. The molecule has 0 aliphatic heterocycles. The number of hydrogen-bond donors (Lipinski definition) is 3. The van der Waals surface area contributed by atoms with Crippen molar-refractivity contribution in [1.82, 2.24) is 9.97 Å². The van der Waals surface area contributed by atoms with E-state index < -0.39 is 23.5 Å². The number of aromatic amines is 1. The van der Waals surface area contributed by atoms with Crippen molar-refractivity contribution >= 4 is 27.5 Å². The van der Waals surface area contributed by atoms with Crippen LogP contribution in [0.1, 0.15) is 38.6 Å². The third-order valence-electron chi connectivity index (χ3n) is 4.35. The van der Waals surface area contributed by atoms with Gasteiger partial charge in [0.1, 0.15) is 10.6 Å². The second kappa shape index (κ2) is 7.91. The topological polar surface area (TPSA) is 109 Å². The number of nitrogens with two attached hydrogens (primary N) is 1. The van der Waals surface area contributed by atoms with Crippen molar-refractivity contribution in [3.63, 3.8) is 0 Å². The lowest BCUT2D eigenvalue weighted by Gasteiger charge is -2.08. The minimum Gasteiger partial charge on any atom is -0.475 e. The predicted molar refractivity (Wildman–Crippen MR) is 98.5 cm³/mol. The average molecular weight is 429 g/mol. The number of fused-ring (bicyclic) bond motifs is 3. The summed E-state index contributed by atoms with van der Waals surface area (Å²) in [5.74, 6) is -2.75. The highest BCUT2D eigenvalue weighted by molar-refractivity contribution is 7.18. The SMILES string of the molecule is NCc1ccc(F)c(C(F)(F)F)c1.O=C(O)c1nc2sc3c(c2c(=O)[nH]1)CCC3. The van der Waals surface area contributed by atoms with E-state index in [0.717, 1.165) is 37.0 Å². The minimum atomic E-state index is -4.66. The molecule has 0 spiro atoms. The van der Waals surface area contributed by atoms with Crippen LogP contribution in [0.3, 0.4) is 0 Å². The first-order valence-electron chi connectivity index (χ1n) is 8.45. The number of aromatic carboxylic acids is 1. The summed E-state index contributed by atoms with van der Waals surface area (Å²) < 4.78 is 48.9. The van der Waals surface area contributed by atoms with E-state index in [1.165, 1.54) is 22.3 Å². The molecule has 0 bridgehead atoms. The maximum atomic E-state index is 12.6. The number of thiophene rings is 1. The first kappa shape index (κ1) is 20.9. The lowest BCUT2D eigenvalue weighted by atomic mass is 10.1. The minimum absolute atomic E-state index is 0.0383.